The summed E-state index contributed by atoms with van der Waals surface area (Å²) in [5.41, 5.74) is 14.4. The molecule has 5 heteroatoms. The Morgan fingerprint density at radius 1 is 0.358 bits per heavy atom. The van der Waals surface area contributed by atoms with Crippen LogP contribution in [-0.2, 0) is 0 Å². The maximum absolute atomic E-state index is 5.58. The Bertz CT molecular complexity index is 4240. The van der Waals surface area contributed by atoms with Crippen molar-refractivity contribution in [2.45, 2.75) is 0 Å². The third-order valence-electron chi connectivity index (χ3n) is 13.5. The van der Waals surface area contributed by atoms with Gasteiger partial charge in [-0.3, -0.25) is 4.57 Å². The average Bonchev–Trinajstić information content (AvgIpc) is 4.09. The fourth-order valence-corrected chi connectivity index (χ4v) is 11.5. The molecule has 0 unspecified atom stereocenters. The number of para-hydroxylation sites is 2. The zero-order valence-corrected chi connectivity index (χ0v) is 37.0. The molecule has 0 aliphatic carbocycles. The van der Waals surface area contributed by atoms with Gasteiger partial charge in [0.15, 0.2) is 0 Å². The molecule has 4 nitrogen and oxygen atoms in total. The second-order valence-electron chi connectivity index (χ2n) is 17.3. The van der Waals surface area contributed by atoms with E-state index in [1.165, 1.54) is 65.6 Å². The minimum absolute atomic E-state index is 0.647. The van der Waals surface area contributed by atoms with E-state index in [0.29, 0.717) is 5.95 Å². The van der Waals surface area contributed by atoms with E-state index in [-0.39, 0.29) is 0 Å². The number of nitrogens with zero attached hydrogens (tertiary/aromatic N) is 4. The van der Waals surface area contributed by atoms with Crippen LogP contribution in [-0.4, -0.2) is 19.1 Å². The summed E-state index contributed by atoms with van der Waals surface area (Å²) in [4.78, 5) is 12.2. The molecule has 0 amide bonds. The van der Waals surface area contributed by atoms with Gasteiger partial charge in [0.05, 0.1) is 38.0 Å². The second-order valence-corrected chi connectivity index (χ2v) is 18.4. The van der Waals surface area contributed by atoms with Crippen LogP contribution < -0.4 is 0 Å². The quantitative estimate of drug-likeness (QED) is 0.167. The van der Waals surface area contributed by atoms with E-state index in [0.717, 1.165) is 59.4 Å². The van der Waals surface area contributed by atoms with Crippen LogP contribution in [0, 0.1) is 0 Å². The average molecular weight is 871 g/mol. The Morgan fingerprint density at radius 2 is 0.970 bits per heavy atom. The van der Waals surface area contributed by atoms with Gasteiger partial charge in [0.25, 0.3) is 0 Å². The molecule has 0 fully saturated rings. The molecule has 10 aromatic carbocycles. The molecule has 4 heterocycles. The van der Waals surface area contributed by atoms with Crippen LogP contribution in [0.4, 0.5) is 0 Å². The topological polar surface area (TPSA) is 35.6 Å². The van der Waals surface area contributed by atoms with E-state index in [1.54, 1.807) is 11.3 Å². The Labute approximate surface area is 389 Å². The largest absolute Gasteiger partial charge is 0.309 e. The highest BCUT2D eigenvalue weighted by atomic mass is 32.1. The first-order valence-electron chi connectivity index (χ1n) is 22.7. The van der Waals surface area contributed by atoms with E-state index in [2.05, 4.69) is 240 Å². The van der Waals surface area contributed by atoms with E-state index in [4.69, 9.17) is 9.97 Å². The highest BCUT2D eigenvalue weighted by Gasteiger charge is 2.23. The minimum atomic E-state index is 0.647. The first-order valence-corrected chi connectivity index (χ1v) is 23.5. The van der Waals surface area contributed by atoms with Crippen molar-refractivity contribution < 1.29 is 0 Å². The molecule has 0 bridgehead atoms. The molecule has 312 valence electrons. The van der Waals surface area contributed by atoms with Crippen molar-refractivity contribution >= 4 is 86.7 Å². The van der Waals surface area contributed by atoms with Gasteiger partial charge in [0.2, 0.25) is 5.95 Å². The van der Waals surface area contributed by atoms with Crippen LogP contribution in [0.15, 0.2) is 231 Å². The predicted molar refractivity (Wildman–Crippen MR) is 283 cm³/mol. The number of hydrogen-bond acceptors (Lipinski definition) is 3. The summed E-state index contributed by atoms with van der Waals surface area (Å²) in [6.45, 7) is 0. The fraction of sp³-hybridized carbons (Fsp3) is 0. The molecule has 0 N–H and O–H groups in total. The highest BCUT2D eigenvalue weighted by Crippen LogP contribution is 2.44. The second kappa shape index (κ2) is 15.0. The molecule has 0 aliphatic heterocycles. The van der Waals surface area contributed by atoms with Crippen LogP contribution in [0.1, 0.15) is 0 Å². The standard InChI is InChI=1S/C62H38N4S/c1-4-15-39(16-5-1)40-27-29-43(30-28-40)59-61-53(38-57(67-61)42-18-6-2-7-19-42)63-62(64-59)66-54-33-32-46(36-51(54)52-35-44-20-10-11-21-45(44)37-56(52)66)49-25-14-26-50-58-48-24-13-12-17-41(48)31-34-55(58)65(60(49)50)47-22-8-3-9-23-47/h1-38H. The molecule has 0 aliphatic rings. The van der Waals surface area contributed by atoms with Crippen LogP contribution in [0.3, 0.4) is 0 Å². The molecule has 0 saturated heterocycles. The highest BCUT2D eigenvalue weighted by molar-refractivity contribution is 7.22. The maximum atomic E-state index is 5.58. The van der Waals surface area contributed by atoms with E-state index >= 15 is 0 Å². The van der Waals surface area contributed by atoms with Crippen molar-refractivity contribution in [2.24, 2.45) is 0 Å². The smallest absolute Gasteiger partial charge is 0.235 e. The molecule has 0 atom stereocenters. The normalized spacial score (nSPS) is 11.9. The van der Waals surface area contributed by atoms with Gasteiger partial charge in [0, 0.05) is 43.2 Å². The van der Waals surface area contributed by atoms with Crippen molar-refractivity contribution in [3.8, 4) is 55.6 Å². The minimum Gasteiger partial charge on any atom is -0.309 e. The van der Waals surface area contributed by atoms with Gasteiger partial charge in [-0.2, -0.15) is 0 Å². The molecule has 67 heavy (non-hydrogen) atoms. The Balaban J connectivity index is 1.03. The lowest BCUT2D eigenvalue weighted by molar-refractivity contribution is 1.02. The van der Waals surface area contributed by atoms with E-state index in [1.807, 2.05) is 0 Å². The Morgan fingerprint density at radius 3 is 1.76 bits per heavy atom. The summed E-state index contributed by atoms with van der Waals surface area (Å²) in [5.74, 6) is 0.647. The van der Waals surface area contributed by atoms with Gasteiger partial charge in [-0.05, 0) is 92.3 Å². The van der Waals surface area contributed by atoms with Crippen molar-refractivity contribution in [2.75, 3.05) is 0 Å². The molecular weight excluding hydrogens is 833 g/mol. The number of benzene rings is 10. The number of rotatable bonds is 6. The molecule has 0 spiro atoms. The van der Waals surface area contributed by atoms with Crippen LogP contribution in [0.25, 0.3) is 131 Å². The first-order chi connectivity index (χ1) is 33.2. The van der Waals surface area contributed by atoms with Gasteiger partial charge in [-0.15, -0.1) is 11.3 Å². The van der Waals surface area contributed by atoms with Crippen molar-refractivity contribution in [3.63, 3.8) is 0 Å². The number of hydrogen-bond donors (Lipinski definition) is 0. The van der Waals surface area contributed by atoms with Gasteiger partial charge in [-0.25, -0.2) is 9.97 Å². The SMILES string of the molecule is c1ccc(-c2ccc(-c3nc(-n4c5ccc(-c6cccc7c8c9ccccc9ccc8n(-c8ccccc8)c67)cc5c5cc6ccccc6cc54)nc4cc(-c5ccccc5)sc34)cc2)cc1. The Hall–Kier alpha value is -8.64. The molecule has 4 aromatic heterocycles. The lowest BCUT2D eigenvalue weighted by Crippen LogP contribution is -2.02. The summed E-state index contributed by atoms with van der Waals surface area (Å²) >= 11 is 1.75. The van der Waals surface area contributed by atoms with Gasteiger partial charge >= 0.3 is 0 Å². The van der Waals surface area contributed by atoms with E-state index < -0.39 is 0 Å². The zero-order valence-electron chi connectivity index (χ0n) is 36.1. The van der Waals surface area contributed by atoms with Gasteiger partial charge in [0.1, 0.15) is 0 Å². The monoisotopic (exact) mass is 870 g/mol. The third kappa shape index (κ3) is 5.99. The number of thiophene rings is 1. The lowest BCUT2D eigenvalue weighted by Gasteiger charge is -2.12. The zero-order chi connectivity index (χ0) is 44.0. The van der Waals surface area contributed by atoms with Crippen LogP contribution >= 0.6 is 11.3 Å². The molecule has 14 aromatic rings. The third-order valence-corrected chi connectivity index (χ3v) is 14.7. The Kier molecular flexibility index (Phi) is 8.42. The van der Waals surface area contributed by atoms with Crippen molar-refractivity contribution in [1.82, 2.24) is 19.1 Å². The molecule has 0 radical (unpaired) electrons. The van der Waals surface area contributed by atoms with Crippen molar-refractivity contribution in [1.29, 1.82) is 0 Å². The number of aromatic nitrogens is 4. The molecule has 0 saturated carbocycles. The summed E-state index contributed by atoms with van der Waals surface area (Å²) in [6.07, 6.45) is 0. The maximum Gasteiger partial charge on any atom is 0.235 e. The lowest BCUT2D eigenvalue weighted by atomic mass is 9.98. The summed E-state index contributed by atoms with van der Waals surface area (Å²) in [7, 11) is 0. The first kappa shape index (κ1) is 37.7. The predicted octanol–water partition coefficient (Wildman–Crippen LogP) is 16.9. The molecular formula is C62H38N4S. The van der Waals surface area contributed by atoms with Crippen LogP contribution in [0.2, 0.25) is 0 Å². The fourth-order valence-electron chi connectivity index (χ4n) is 10.4. The summed E-state index contributed by atoms with van der Waals surface area (Å²) < 4.78 is 5.81. The van der Waals surface area contributed by atoms with Crippen molar-refractivity contribution in [3.05, 3.63) is 231 Å². The van der Waals surface area contributed by atoms with E-state index in [9.17, 15) is 0 Å². The number of fused-ring (bicyclic) bond motifs is 10. The van der Waals surface area contributed by atoms with Crippen LogP contribution in [0.5, 0.6) is 0 Å². The van der Waals surface area contributed by atoms with Gasteiger partial charge in [-0.1, -0.05) is 182 Å². The van der Waals surface area contributed by atoms with Gasteiger partial charge < -0.3 is 4.57 Å². The molecule has 14 rings (SSSR count). The summed E-state index contributed by atoms with van der Waals surface area (Å²) in [6, 6.07) is 83.3. The summed E-state index contributed by atoms with van der Waals surface area (Å²) in [5, 5.41) is 9.67.